The zero-order valence-electron chi connectivity index (χ0n) is 16.3. The Morgan fingerprint density at radius 1 is 0.931 bits per heavy atom. The van der Waals surface area contributed by atoms with Crippen molar-refractivity contribution >= 4 is 23.6 Å². The van der Waals surface area contributed by atoms with Crippen LogP contribution in [0, 0.1) is 20.8 Å². The molecular weight excluding hydrogens is 366 g/mol. The van der Waals surface area contributed by atoms with E-state index in [1.54, 1.807) is 49.4 Å². The third-order valence-electron chi connectivity index (χ3n) is 5.45. The van der Waals surface area contributed by atoms with Gasteiger partial charge in [-0.3, -0.25) is 9.59 Å². The summed E-state index contributed by atoms with van der Waals surface area (Å²) in [7, 11) is 0. The minimum Gasteiger partial charge on any atom is -0.478 e. The molecule has 1 aliphatic carbocycles. The second-order valence-corrected chi connectivity index (χ2v) is 7.18. The number of carboxylic acid groups (broad SMARTS) is 1. The van der Waals surface area contributed by atoms with Crippen LogP contribution in [0.1, 0.15) is 53.6 Å². The van der Waals surface area contributed by atoms with Gasteiger partial charge in [-0.15, -0.1) is 0 Å². The molecular formula is C24H19NO4. The molecule has 0 saturated carbocycles. The summed E-state index contributed by atoms with van der Waals surface area (Å²) in [5.41, 5.74) is 5.15. The van der Waals surface area contributed by atoms with Gasteiger partial charge in [-0.1, -0.05) is 30.3 Å². The molecule has 0 atom stereocenters. The van der Waals surface area contributed by atoms with E-state index in [4.69, 9.17) is 0 Å². The van der Waals surface area contributed by atoms with Crippen molar-refractivity contribution in [3.63, 3.8) is 0 Å². The van der Waals surface area contributed by atoms with Gasteiger partial charge in [0.15, 0.2) is 11.6 Å². The molecule has 0 aliphatic heterocycles. The average molecular weight is 385 g/mol. The molecule has 1 N–H and O–H groups in total. The van der Waals surface area contributed by atoms with Gasteiger partial charge in [0, 0.05) is 28.2 Å². The van der Waals surface area contributed by atoms with Gasteiger partial charge in [-0.05, 0) is 56.2 Å². The molecule has 1 aromatic heterocycles. The molecule has 144 valence electrons. The molecule has 0 saturated heterocycles. The van der Waals surface area contributed by atoms with Crippen LogP contribution in [0.4, 0.5) is 0 Å². The Balaban J connectivity index is 1.84. The maximum atomic E-state index is 12.7. The van der Waals surface area contributed by atoms with E-state index < -0.39 is 5.97 Å². The van der Waals surface area contributed by atoms with E-state index in [-0.39, 0.29) is 22.7 Å². The molecule has 0 spiro atoms. The molecule has 0 fully saturated rings. The number of nitrogens with zero attached hydrogens (tertiary/aromatic N) is 1. The standard InChI is InChI=1S/C24H19NO4/c1-13-11-16(12-20-22(26)18-7-4-5-8-19(18)23(20)27)15(3)25(13)21-10-6-9-17(14(21)2)24(28)29/h4-12H,1-3H3,(H,28,29). The Bertz CT molecular complexity index is 1210. The second kappa shape index (κ2) is 6.71. The summed E-state index contributed by atoms with van der Waals surface area (Å²) in [4.78, 5) is 36.9. The zero-order chi connectivity index (χ0) is 20.9. The van der Waals surface area contributed by atoms with Crippen molar-refractivity contribution in [2.24, 2.45) is 0 Å². The molecule has 0 amide bonds. The van der Waals surface area contributed by atoms with Crippen molar-refractivity contribution in [2.45, 2.75) is 20.8 Å². The number of Topliss-reactive ketones (excluding diaryl/α,β-unsaturated/α-hetero) is 2. The van der Waals surface area contributed by atoms with Crippen LogP contribution in [0.25, 0.3) is 11.8 Å². The number of aromatic nitrogens is 1. The Morgan fingerprint density at radius 2 is 1.55 bits per heavy atom. The van der Waals surface area contributed by atoms with Crippen LogP contribution in [-0.2, 0) is 0 Å². The van der Waals surface area contributed by atoms with E-state index >= 15 is 0 Å². The summed E-state index contributed by atoms with van der Waals surface area (Å²) in [6, 6.07) is 13.9. The third-order valence-corrected chi connectivity index (χ3v) is 5.45. The van der Waals surface area contributed by atoms with Crippen LogP contribution in [0.5, 0.6) is 0 Å². The smallest absolute Gasteiger partial charge is 0.336 e. The molecule has 29 heavy (non-hydrogen) atoms. The fourth-order valence-electron chi connectivity index (χ4n) is 3.96. The number of allylic oxidation sites excluding steroid dienone is 1. The lowest BCUT2D eigenvalue weighted by molar-refractivity contribution is 0.0695. The van der Waals surface area contributed by atoms with Gasteiger partial charge in [0.2, 0.25) is 0 Å². The number of fused-ring (bicyclic) bond motifs is 1. The van der Waals surface area contributed by atoms with Crippen molar-refractivity contribution in [1.82, 2.24) is 4.57 Å². The van der Waals surface area contributed by atoms with Gasteiger partial charge in [-0.2, -0.15) is 0 Å². The topological polar surface area (TPSA) is 76.4 Å². The molecule has 0 bridgehead atoms. The maximum absolute atomic E-state index is 12.7. The van der Waals surface area contributed by atoms with Crippen LogP contribution in [0.3, 0.4) is 0 Å². The minimum atomic E-state index is -0.978. The van der Waals surface area contributed by atoms with Crippen molar-refractivity contribution in [2.75, 3.05) is 0 Å². The maximum Gasteiger partial charge on any atom is 0.336 e. The highest BCUT2D eigenvalue weighted by Gasteiger charge is 2.32. The number of rotatable bonds is 3. The van der Waals surface area contributed by atoms with E-state index in [1.165, 1.54) is 0 Å². The SMILES string of the molecule is Cc1c(C(=O)O)cccc1-n1c(C)cc(C=C2C(=O)c3ccccc3C2=O)c1C. The van der Waals surface area contributed by atoms with Gasteiger partial charge in [0.1, 0.15) is 0 Å². The number of carboxylic acids is 1. The fraction of sp³-hybridized carbons (Fsp3) is 0.125. The number of benzene rings is 2. The lowest BCUT2D eigenvalue weighted by Gasteiger charge is -2.14. The van der Waals surface area contributed by atoms with Crippen molar-refractivity contribution in [3.05, 3.63) is 93.3 Å². The molecule has 3 aromatic rings. The first-order valence-electron chi connectivity index (χ1n) is 9.23. The molecule has 0 radical (unpaired) electrons. The Hall–Kier alpha value is -3.73. The highest BCUT2D eigenvalue weighted by atomic mass is 16.4. The predicted octanol–water partition coefficient (Wildman–Crippen LogP) is 4.56. The first kappa shape index (κ1) is 18.6. The van der Waals surface area contributed by atoms with Crippen LogP contribution < -0.4 is 0 Å². The summed E-state index contributed by atoms with van der Waals surface area (Å²) in [5.74, 6) is -1.51. The monoisotopic (exact) mass is 385 g/mol. The predicted molar refractivity (Wildman–Crippen MR) is 110 cm³/mol. The highest BCUT2D eigenvalue weighted by molar-refractivity contribution is 6.41. The van der Waals surface area contributed by atoms with E-state index in [0.29, 0.717) is 16.7 Å². The molecule has 5 heteroatoms. The largest absolute Gasteiger partial charge is 0.478 e. The second-order valence-electron chi connectivity index (χ2n) is 7.18. The number of carbonyl (C=O) groups excluding carboxylic acids is 2. The first-order valence-corrected chi connectivity index (χ1v) is 9.23. The van der Waals surface area contributed by atoms with E-state index in [1.807, 2.05) is 30.5 Å². The van der Waals surface area contributed by atoms with Crippen LogP contribution >= 0.6 is 0 Å². The molecule has 4 rings (SSSR count). The zero-order valence-corrected chi connectivity index (χ0v) is 16.3. The van der Waals surface area contributed by atoms with Crippen LogP contribution in [0.15, 0.2) is 54.1 Å². The Labute approximate surface area is 167 Å². The summed E-state index contributed by atoms with van der Waals surface area (Å²) >= 11 is 0. The van der Waals surface area contributed by atoms with E-state index in [2.05, 4.69) is 0 Å². The van der Waals surface area contributed by atoms with E-state index in [0.717, 1.165) is 22.6 Å². The quantitative estimate of drug-likeness (QED) is 0.530. The number of aryl methyl sites for hydroxylation is 1. The van der Waals surface area contributed by atoms with Crippen LogP contribution in [-0.4, -0.2) is 27.2 Å². The summed E-state index contributed by atoms with van der Waals surface area (Å²) in [5, 5.41) is 9.42. The van der Waals surface area contributed by atoms with E-state index in [9.17, 15) is 19.5 Å². The molecule has 0 unspecified atom stereocenters. The fourth-order valence-corrected chi connectivity index (χ4v) is 3.96. The lowest BCUT2D eigenvalue weighted by Crippen LogP contribution is -2.07. The summed E-state index contributed by atoms with van der Waals surface area (Å²) in [6.07, 6.45) is 1.64. The van der Waals surface area contributed by atoms with Gasteiger partial charge in [-0.25, -0.2) is 4.79 Å². The highest BCUT2D eigenvalue weighted by Crippen LogP contribution is 2.31. The number of ketones is 2. The Morgan fingerprint density at radius 3 is 2.14 bits per heavy atom. The summed E-state index contributed by atoms with van der Waals surface area (Å²) in [6.45, 7) is 5.58. The Kier molecular flexibility index (Phi) is 4.31. The van der Waals surface area contributed by atoms with Crippen molar-refractivity contribution < 1.29 is 19.5 Å². The lowest BCUT2D eigenvalue weighted by atomic mass is 10.1. The molecule has 2 aromatic carbocycles. The van der Waals surface area contributed by atoms with Crippen LogP contribution in [0.2, 0.25) is 0 Å². The van der Waals surface area contributed by atoms with Gasteiger partial charge in [0.05, 0.1) is 11.1 Å². The number of hydrogen-bond acceptors (Lipinski definition) is 3. The van der Waals surface area contributed by atoms with Gasteiger partial charge in [0.25, 0.3) is 0 Å². The first-order chi connectivity index (χ1) is 13.8. The molecule has 1 heterocycles. The van der Waals surface area contributed by atoms with Gasteiger partial charge < -0.3 is 9.67 Å². The normalized spacial score (nSPS) is 13.0. The minimum absolute atomic E-state index is 0.155. The number of hydrogen-bond donors (Lipinski definition) is 1. The number of aromatic carboxylic acids is 1. The average Bonchev–Trinajstić information content (AvgIpc) is 3.10. The molecule has 5 nitrogen and oxygen atoms in total. The number of carbonyl (C=O) groups is 3. The van der Waals surface area contributed by atoms with Crippen molar-refractivity contribution in [1.29, 1.82) is 0 Å². The summed E-state index contributed by atoms with van der Waals surface area (Å²) < 4.78 is 1.95. The van der Waals surface area contributed by atoms with Crippen molar-refractivity contribution in [3.8, 4) is 5.69 Å². The van der Waals surface area contributed by atoms with Gasteiger partial charge >= 0.3 is 5.97 Å². The molecule has 1 aliphatic rings. The third kappa shape index (κ3) is 2.83.